The van der Waals surface area contributed by atoms with Crippen LogP contribution in [0, 0.1) is 5.92 Å². The van der Waals surface area contributed by atoms with E-state index in [4.69, 9.17) is 4.74 Å². The predicted octanol–water partition coefficient (Wildman–Crippen LogP) is 4.83. The molecule has 1 atom stereocenters. The van der Waals surface area contributed by atoms with Gasteiger partial charge in [-0.05, 0) is 42.5 Å². The molecule has 2 aromatic rings. The number of fused-ring (bicyclic) bond motifs is 1. The van der Waals surface area contributed by atoms with Crippen LogP contribution in [0.25, 0.3) is 10.8 Å². The Kier molecular flexibility index (Phi) is 8.03. The fraction of sp³-hybridized carbons (Fsp3) is 0.524. The summed E-state index contributed by atoms with van der Waals surface area (Å²) in [4.78, 5) is 2.70. The zero-order valence-electron chi connectivity index (χ0n) is 15.4. The molecule has 5 heteroatoms. The van der Waals surface area contributed by atoms with E-state index in [1.165, 1.54) is 35.6 Å². The maximum atomic E-state index is 6.09. The Balaban J connectivity index is 0.00000121. The Morgan fingerprint density at radius 1 is 1.08 bits per heavy atom. The maximum absolute atomic E-state index is 6.09. The van der Waals surface area contributed by atoms with Gasteiger partial charge in [0.05, 0.1) is 6.61 Å². The molecule has 1 aliphatic carbocycles. The van der Waals surface area contributed by atoms with Crippen LogP contribution in [-0.2, 0) is 0 Å². The SMILES string of the molecule is CCOc1ccc2ccccc2c1[C@H](C1CCC1)N1CCNCC1.Cl.Cl. The maximum Gasteiger partial charge on any atom is 0.124 e. The number of nitrogens with one attached hydrogen (secondary N) is 1. The highest BCUT2D eigenvalue weighted by molar-refractivity contribution is 5.88. The van der Waals surface area contributed by atoms with E-state index in [0.29, 0.717) is 6.04 Å². The molecule has 1 heterocycles. The van der Waals surface area contributed by atoms with E-state index in [-0.39, 0.29) is 24.8 Å². The fourth-order valence-corrected chi connectivity index (χ4v) is 4.29. The minimum atomic E-state index is 0. The Labute approximate surface area is 169 Å². The molecule has 0 radical (unpaired) electrons. The third-order valence-corrected chi connectivity index (χ3v) is 5.67. The van der Waals surface area contributed by atoms with Gasteiger partial charge in [0.15, 0.2) is 0 Å². The lowest BCUT2D eigenvalue weighted by atomic mass is 9.75. The molecule has 4 rings (SSSR count). The average Bonchev–Trinajstić information content (AvgIpc) is 2.59. The average molecular weight is 397 g/mol. The quantitative estimate of drug-likeness (QED) is 0.782. The Hall–Kier alpha value is -1.00. The molecule has 26 heavy (non-hydrogen) atoms. The van der Waals surface area contributed by atoms with Crippen LogP contribution in [-0.4, -0.2) is 37.7 Å². The molecule has 0 amide bonds. The number of ether oxygens (including phenoxy) is 1. The van der Waals surface area contributed by atoms with E-state index in [1.54, 1.807) is 0 Å². The lowest BCUT2D eigenvalue weighted by molar-refractivity contribution is 0.0824. The van der Waals surface area contributed by atoms with Crippen LogP contribution in [0.5, 0.6) is 5.75 Å². The highest BCUT2D eigenvalue weighted by Gasteiger charge is 2.36. The zero-order chi connectivity index (χ0) is 16.4. The van der Waals surface area contributed by atoms with E-state index in [9.17, 15) is 0 Å². The summed E-state index contributed by atoms with van der Waals surface area (Å²) >= 11 is 0. The van der Waals surface area contributed by atoms with Crippen LogP contribution >= 0.6 is 24.8 Å². The molecule has 1 saturated carbocycles. The van der Waals surface area contributed by atoms with Crippen molar-refractivity contribution >= 4 is 35.6 Å². The van der Waals surface area contributed by atoms with Gasteiger partial charge in [0, 0.05) is 37.8 Å². The second-order valence-electron chi connectivity index (χ2n) is 7.05. The standard InChI is InChI=1S/C21H28N2O.2ClH/c1-2-24-19-11-10-16-6-3-4-9-18(16)20(19)21(17-7-5-8-17)23-14-12-22-13-15-23;;/h3-4,6,9-11,17,21-22H,2,5,7-8,12-15H2,1H3;2*1H/t21-;;/m0../s1. The zero-order valence-corrected chi connectivity index (χ0v) is 17.1. The minimum absolute atomic E-state index is 0. The van der Waals surface area contributed by atoms with Crippen LogP contribution in [0.15, 0.2) is 36.4 Å². The topological polar surface area (TPSA) is 24.5 Å². The molecule has 0 aromatic heterocycles. The second kappa shape index (κ2) is 9.80. The van der Waals surface area contributed by atoms with Crippen molar-refractivity contribution in [3.63, 3.8) is 0 Å². The molecule has 144 valence electrons. The molecular formula is C21H30Cl2N2O. The van der Waals surface area contributed by atoms with Gasteiger partial charge in [0.25, 0.3) is 0 Å². The summed E-state index contributed by atoms with van der Waals surface area (Å²) in [7, 11) is 0. The molecule has 1 N–H and O–H groups in total. The van der Waals surface area contributed by atoms with Crippen molar-refractivity contribution in [2.24, 2.45) is 5.92 Å². The molecule has 2 aliphatic rings. The Bertz CT molecular complexity index is 699. The van der Waals surface area contributed by atoms with Gasteiger partial charge in [-0.3, -0.25) is 4.90 Å². The summed E-state index contributed by atoms with van der Waals surface area (Å²) in [5, 5.41) is 6.20. The molecular weight excluding hydrogens is 367 g/mol. The summed E-state index contributed by atoms with van der Waals surface area (Å²) in [6.45, 7) is 7.27. The number of benzene rings is 2. The van der Waals surface area contributed by atoms with E-state index in [2.05, 4.69) is 53.5 Å². The number of hydrogen-bond donors (Lipinski definition) is 1. The normalized spacial score (nSPS) is 19.1. The van der Waals surface area contributed by atoms with Crippen molar-refractivity contribution < 1.29 is 4.74 Å². The summed E-state index contributed by atoms with van der Waals surface area (Å²) in [6.07, 6.45) is 4.08. The molecule has 1 aliphatic heterocycles. The summed E-state index contributed by atoms with van der Waals surface area (Å²) in [5.41, 5.74) is 1.43. The lowest BCUT2D eigenvalue weighted by Crippen LogP contribution is -2.48. The first-order chi connectivity index (χ1) is 11.9. The van der Waals surface area contributed by atoms with Crippen molar-refractivity contribution in [3.05, 3.63) is 42.0 Å². The smallest absolute Gasteiger partial charge is 0.124 e. The van der Waals surface area contributed by atoms with Crippen molar-refractivity contribution in [1.82, 2.24) is 10.2 Å². The molecule has 2 aromatic carbocycles. The van der Waals surface area contributed by atoms with Gasteiger partial charge in [-0.1, -0.05) is 36.8 Å². The van der Waals surface area contributed by atoms with Crippen molar-refractivity contribution in [2.75, 3.05) is 32.8 Å². The van der Waals surface area contributed by atoms with E-state index in [0.717, 1.165) is 44.5 Å². The lowest BCUT2D eigenvalue weighted by Gasteiger charge is -2.44. The number of hydrogen-bond acceptors (Lipinski definition) is 3. The predicted molar refractivity (Wildman–Crippen MR) is 114 cm³/mol. The van der Waals surface area contributed by atoms with Gasteiger partial charge < -0.3 is 10.1 Å². The third-order valence-electron chi connectivity index (χ3n) is 5.67. The van der Waals surface area contributed by atoms with Crippen LogP contribution in [0.1, 0.15) is 37.8 Å². The minimum Gasteiger partial charge on any atom is -0.494 e. The van der Waals surface area contributed by atoms with Gasteiger partial charge in [0.2, 0.25) is 0 Å². The van der Waals surface area contributed by atoms with Gasteiger partial charge in [-0.25, -0.2) is 0 Å². The highest BCUT2D eigenvalue weighted by Crippen LogP contribution is 2.46. The number of halogens is 2. The fourth-order valence-electron chi connectivity index (χ4n) is 4.29. The first-order valence-corrected chi connectivity index (χ1v) is 9.47. The van der Waals surface area contributed by atoms with Crippen LogP contribution in [0.2, 0.25) is 0 Å². The molecule has 0 spiro atoms. The van der Waals surface area contributed by atoms with E-state index in [1.807, 2.05) is 0 Å². The summed E-state index contributed by atoms with van der Waals surface area (Å²) in [5.74, 6) is 1.86. The Morgan fingerprint density at radius 3 is 2.46 bits per heavy atom. The van der Waals surface area contributed by atoms with Crippen LogP contribution in [0.3, 0.4) is 0 Å². The number of piperazine rings is 1. The monoisotopic (exact) mass is 396 g/mol. The number of rotatable bonds is 5. The largest absolute Gasteiger partial charge is 0.494 e. The van der Waals surface area contributed by atoms with Gasteiger partial charge in [-0.15, -0.1) is 24.8 Å². The van der Waals surface area contributed by atoms with Gasteiger partial charge >= 0.3 is 0 Å². The van der Waals surface area contributed by atoms with Crippen molar-refractivity contribution in [1.29, 1.82) is 0 Å². The first-order valence-electron chi connectivity index (χ1n) is 9.47. The number of nitrogens with zero attached hydrogens (tertiary/aromatic N) is 1. The van der Waals surface area contributed by atoms with Crippen LogP contribution < -0.4 is 10.1 Å². The summed E-state index contributed by atoms with van der Waals surface area (Å²) < 4.78 is 6.09. The highest BCUT2D eigenvalue weighted by atomic mass is 35.5. The third kappa shape index (κ3) is 4.12. The summed E-state index contributed by atoms with van der Waals surface area (Å²) in [6, 6.07) is 13.7. The molecule has 2 fully saturated rings. The second-order valence-corrected chi connectivity index (χ2v) is 7.05. The van der Waals surface area contributed by atoms with E-state index >= 15 is 0 Å². The van der Waals surface area contributed by atoms with Gasteiger partial charge in [-0.2, -0.15) is 0 Å². The van der Waals surface area contributed by atoms with Crippen molar-refractivity contribution in [2.45, 2.75) is 32.2 Å². The van der Waals surface area contributed by atoms with Crippen LogP contribution in [0.4, 0.5) is 0 Å². The van der Waals surface area contributed by atoms with Gasteiger partial charge in [0.1, 0.15) is 5.75 Å². The first kappa shape index (κ1) is 21.3. The molecule has 0 unspecified atom stereocenters. The molecule has 0 bridgehead atoms. The Morgan fingerprint density at radius 2 is 1.81 bits per heavy atom. The molecule has 3 nitrogen and oxygen atoms in total. The molecule has 1 saturated heterocycles. The van der Waals surface area contributed by atoms with E-state index < -0.39 is 0 Å². The van der Waals surface area contributed by atoms with Crippen molar-refractivity contribution in [3.8, 4) is 5.75 Å².